The van der Waals surface area contributed by atoms with Crippen LogP contribution in [0.2, 0.25) is 0 Å². The Morgan fingerprint density at radius 3 is 2.80 bits per heavy atom. The molecule has 4 heterocycles. The van der Waals surface area contributed by atoms with Crippen molar-refractivity contribution in [3.8, 4) is 0 Å². The third-order valence-corrected chi connectivity index (χ3v) is 6.67. The number of anilines is 2. The molecule has 0 radical (unpaired) electrons. The Kier molecular flexibility index (Phi) is 7.34. The van der Waals surface area contributed by atoms with Gasteiger partial charge < -0.3 is 19.7 Å². The number of likely N-dealkylation sites (tertiary alicyclic amines) is 1. The molecule has 0 bridgehead atoms. The second-order valence-electron chi connectivity index (χ2n) is 9.55. The highest BCUT2D eigenvalue weighted by Gasteiger charge is 2.36. The molecule has 1 saturated heterocycles. The summed E-state index contributed by atoms with van der Waals surface area (Å²) in [5.41, 5.74) is 1.52. The lowest BCUT2D eigenvalue weighted by Gasteiger charge is -2.20. The maximum Gasteiger partial charge on any atom is 0.328 e. The molecule has 35 heavy (non-hydrogen) atoms. The van der Waals surface area contributed by atoms with Crippen molar-refractivity contribution in [1.29, 1.82) is 0 Å². The SMILES string of the molecule is CC[C@H](Cn1ccc2cnc(Nc3cnn(CC(=O)O[C@@H]4C[C@@H](C(=O)O)N(C)C4)c3)nc21)C(C)C. The first-order valence-corrected chi connectivity index (χ1v) is 12.0. The normalized spacial score (nSPS) is 19.3. The monoisotopic (exact) mass is 483 g/mol. The lowest BCUT2D eigenvalue weighted by molar-refractivity contribution is -0.150. The van der Waals surface area contributed by atoms with Crippen LogP contribution in [0.15, 0.2) is 30.9 Å². The van der Waals surface area contributed by atoms with E-state index in [2.05, 4.69) is 46.9 Å². The molecule has 0 aliphatic carbocycles. The molecule has 0 amide bonds. The molecule has 1 aliphatic rings. The van der Waals surface area contributed by atoms with Gasteiger partial charge in [-0.25, -0.2) is 4.98 Å². The number of fused-ring (bicyclic) bond motifs is 1. The van der Waals surface area contributed by atoms with Crippen LogP contribution in [-0.4, -0.2) is 72.0 Å². The van der Waals surface area contributed by atoms with E-state index in [4.69, 9.17) is 9.72 Å². The van der Waals surface area contributed by atoms with Gasteiger partial charge in [0.05, 0.1) is 11.9 Å². The summed E-state index contributed by atoms with van der Waals surface area (Å²) in [7, 11) is 1.71. The molecular formula is C24H33N7O4. The zero-order valence-electron chi connectivity index (χ0n) is 20.6. The number of ether oxygens (including phenoxy) is 1. The molecule has 0 unspecified atom stereocenters. The van der Waals surface area contributed by atoms with E-state index in [-0.39, 0.29) is 13.0 Å². The Hall–Kier alpha value is -3.47. The molecule has 3 aromatic rings. The molecule has 1 fully saturated rings. The zero-order valence-corrected chi connectivity index (χ0v) is 20.6. The molecule has 4 rings (SSSR count). The maximum absolute atomic E-state index is 12.3. The van der Waals surface area contributed by atoms with Crippen LogP contribution in [0.25, 0.3) is 11.0 Å². The second-order valence-corrected chi connectivity index (χ2v) is 9.55. The number of carboxylic acid groups (broad SMARTS) is 1. The van der Waals surface area contributed by atoms with Crippen molar-refractivity contribution >= 4 is 34.6 Å². The van der Waals surface area contributed by atoms with Gasteiger partial charge in [0.1, 0.15) is 24.3 Å². The minimum atomic E-state index is -0.911. The fourth-order valence-corrected chi connectivity index (χ4v) is 4.57. The van der Waals surface area contributed by atoms with E-state index in [0.717, 1.165) is 24.0 Å². The van der Waals surface area contributed by atoms with Gasteiger partial charge in [-0.15, -0.1) is 0 Å². The summed E-state index contributed by atoms with van der Waals surface area (Å²) in [6.45, 7) is 7.92. The first kappa shape index (κ1) is 24.6. The first-order valence-electron chi connectivity index (χ1n) is 12.0. The zero-order chi connectivity index (χ0) is 25.1. The number of hydrogen-bond donors (Lipinski definition) is 2. The van der Waals surface area contributed by atoms with Gasteiger partial charge in [0, 0.05) is 43.5 Å². The number of carbonyl (C=O) groups excluding carboxylic acids is 1. The van der Waals surface area contributed by atoms with Crippen LogP contribution >= 0.6 is 0 Å². The Labute approximate surface area is 204 Å². The molecular weight excluding hydrogens is 450 g/mol. The van der Waals surface area contributed by atoms with E-state index in [9.17, 15) is 14.7 Å². The van der Waals surface area contributed by atoms with Crippen LogP contribution in [0.3, 0.4) is 0 Å². The van der Waals surface area contributed by atoms with Crippen molar-refractivity contribution in [2.24, 2.45) is 11.8 Å². The maximum atomic E-state index is 12.3. The average molecular weight is 484 g/mol. The summed E-state index contributed by atoms with van der Waals surface area (Å²) in [4.78, 5) is 34.4. The summed E-state index contributed by atoms with van der Waals surface area (Å²) >= 11 is 0. The van der Waals surface area contributed by atoms with E-state index < -0.39 is 24.1 Å². The number of rotatable bonds is 10. The van der Waals surface area contributed by atoms with Crippen LogP contribution < -0.4 is 5.32 Å². The van der Waals surface area contributed by atoms with E-state index in [1.165, 1.54) is 4.68 Å². The molecule has 0 aromatic carbocycles. The molecule has 2 N–H and O–H groups in total. The molecule has 1 aliphatic heterocycles. The largest absolute Gasteiger partial charge is 0.480 e. The van der Waals surface area contributed by atoms with E-state index in [0.29, 0.717) is 30.0 Å². The highest BCUT2D eigenvalue weighted by molar-refractivity contribution is 5.77. The lowest BCUT2D eigenvalue weighted by Crippen LogP contribution is -2.32. The summed E-state index contributed by atoms with van der Waals surface area (Å²) in [6, 6.07) is 1.39. The van der Waals surface area contributed by atoms with Crippen LogP contribution in [0.4, 0.5) is 11.6 Å². The van der Waals surface area contributed by atoms with Gasteiger partial charge in [0.15, 0.2) is 0 Å². The highest BCUT2D eigenvalue weighted by atomic mass is 16.5. The van der Waals surface area contributed by atoms with Gasteiger partial charge >= 0.3 is 11.9 Å². The van der Waals surface area contributed by atoms with Crippen molar-refractivity contribution in [2.45, 2.75) is 58.8 Å². The van der Waals surface area contributed by atoms with Crippen molar-refractivity contribution in [3.05, 3.63) is 30.9 Å². The van der Waals surface area contributed by atoms with Crippen molar-refractivity contribution < 1.29 is 19.4 Å². The fourth-order valence-electron chi connectivity index (χ4n) is 4.57. The molecule has 188 valence electrons. The summed E-state index contributed by atoms with van der Waals surface area (Å²) in [5, 5.41) is 17.6. The number of likely N-dealkylation sites (N-methyl/N-ethyl adjacent to an activating group) is 1. The van der Waals surface area contributed by atoms with Gasteiger partial charge in [-0.2, -0.15) is 10.1 Å². The van der Waals surface area contributed by atoms with E-state index in [1.54, 1.807) is 30.5 Å². The average Bonchev–Trinajstić information content (AvgIpc) is 3.50. The van der Waals surface area contributed by atoms with E-state index in [1.807, 2.05) is 6.07 Å². The highest BCUT2D eigenvalue weighted by Crippen LogP contribution is 2.23. The Morgan fingerprint density at radius 1 is 1.31 bits per heavy atom. The standard InChI is InChI=1S/C24H33N7O4/c1-5-16(15(2)3)11-30-7-6-17-9-25-24(28-22(17)30)27-18-10-26-31(12-18)14-21(32)35-19-8-20(23(33)34)29(4)13-19/h6-7,9-10,12,15-16,19-20H,5,8,11,13-14H2,1-4H3,(H,33,34)(H,25,27,28)/t16-,19-,20+/m1/s1. The minimum Gasteiger partial charge on any atom is -0.480 e. The first-order chi connectivity index (χ1) is 16.7. The van der Waals surface area contributed by atoms with Crippen molar-refractivity contribution in [2.75, 3.05) is 18.9 Å². The molecule has 11 heteroatoms. The summed E-state index contributed by atoms with van der Waals surface area (Å²) < 4.78 is 9.09. The second kappa shape index (κ2) is 10.4. The number of aromatic nitrogens is 5. The number of carbonyl (C=O) groups is 2. The Morgan fingerprint density at radius 2 is 2.11 bits per heavy atom. The Bertz CT molecular complexity index is 1190. The number of nitrogens with one attached hydrogen (secondary N) is 1. The quantitative estimate of drug-likeness (QED) is 0.418. The number of esters is 1. The van der Waals surface area contributed by atoms with Crippen molar-refractivity contribution in [3.63, 3.8) is 0 Å². The van der Waals surface area contributed by atoms with Crippen LogP contribution in [0, 0.1) is 11.8 Å². The van der Waals surface area contributed by atoms with Crippen LogP contribution in [0.5, 0.6) is 0 Å². The van der Waals surface area contributed by atoms with E-state index >= 15 is 0 Å². The number of nitrogens with zero attached hydrogens (tertiary/aromatic N) is 6. The van der Waals surface area contributed by atoms with Crippen LogP contribution in [-0.2, 0) is 27.4 Å². The van der Waals surface area contributed by atoms with Crippen LogP contribution in [0.1, 0.15) is 33.6 Å². The lowest BCUT2D eigenvalue weighted by atomic mass is 9.93. The number of carboxylic acids is 1. The predicted octanol–water partition coefficient (Wildman–Crippen LogP) is 2.75. The minimum absolute atomic E-state index is 0.0734. The van der Waals surface area contributed by atoms with Gasteiger partial charge in [-0.05, 0) is 24.9 Å². The predicted molar refractivity (Wildman–Crippen MR) is 130 cm³/mol. The number of hydrogen-bond acceptors (Lipinski definition) is 8. The third-order valence-electron chi connectivity index (χ3n) is 6.67. The smallest absolute Gasteiger partial charge is 0.328 e. The van der Waals surface area contributed by atoms with Crippen molar-refractivity contribution in [1.82, 2.24) is 29.2 Å². The third kappa shape index (κ3) is 5.79. The molecule has 3 atom stereocenters. The molecule has 3 aromatic heterocycles. The van der Waals surface area contributed by atoms with Gasteiger partial charge in [-0.1, -0.05) is 27.2 Å². The number of aliphatic carboxylic acids is 1. The van der Waals surface area contributed by atoms with Gasteiger partial charge in [-0.3, -0.25) is 19.2 Å². The summed E-state index contributed by atoms with van der Waals surface area (Å²) in [5.74, 6) is 0.227. The molecule has 0 saturated carbocycles. The topological polar surface area (TPSA) is 127 Å². The molecule has 11 nitrogen and oxygen atoms in total. The summed E-state index contributed by atoms with van der Waals surface area (Å²) in [6.07, 6.45) is 8.06. The van der Waals surface area contributed by atoms with Gasteiger partial charge in [0.25, 0.3) is 0 Å². The fraction of sp³-hybridized carbons (Fsp3) is 0.542. The Balaban J connectivity index is 1.37. The van der Waals surface area contributed by atoms with Gasteiger partial charge in [0.2, 0.25) is 5.95 Å². The molecule has 0 spiro atoms.